The first-order valence-corrected chi connectivity index (χ1v) is 13.9. The quantitative estimate of drug-likeness (QED) is 0.210. The lowest BCUT2D eigenvalue weighted by Gasteiger charge is -2.45. The fourth-order valence-electron chi connectivity index (χ4n) is 7.08. The summed E-state index contributed by atoms with van der Waals surface area (Å²) in [6.45, 7) is 4.28. The van der Waals surface area contributed by atoms with E-state index in [9.17, 15) is 13.6 Å². The van der Waals surface area contributed by atoms with Crippen LogP contribution in [-0.4, -0.2) is 12.6 Å². The maximum atomic E-state index is 14.5. The number of halogens is 2. The largest absolute Gasteiger partial charge is 0.486 e. The molecular formula is C30H42F2O3. The first-order valence-electron chi connectivity index (χ1n) is 13.9. The van der Waals surface area contributed by atoms with Crippen LogP contribution in [0.1, 0.15) is 90.9 Å². The maximum Gasteiger partial charge on any atom is 0.314 e. The van der Waals surface area contributed by atoms with Gasteiger partial charge in [0.2, 0.25) is 11.6 Å². The predicted octanol–water partition coefficient (Wildman–Crippen LogP) is 8.26. The molecule has 5 heteroatoms. The van der Waals surface area contributed by atoms with Gasteiger partial charge in [-0.3, -0.25) is 4.79 Å². The zero-order chi connectivity index (χ0) is 24.8. The summed E-state index contributed by atoms with van der Waals surface area (Å²) in [5, 5.41) is 0. The van der Waals surface area contributed by atoms with Crippen molar-refractivity contribution in [3.63, 3.8) is 0 Å². The second-order valence-electron chi connectivity index (χ2n) is 11.2. The van der Waals surface area contributed by atoms with Gasteiger partial charge >= 0.3 is 5.97 Å². The van der Waals surface area contributed by atoms with Crippen LogP contribution in [0.3, 0.4) is 0 Å². The fraction of sp³-hybridized carbons (Fsp3) is 0.700. The van der Waals surface area contributed by atoms with Crippen LogP contribution in [0.25, 0.3) is 0 Å². The Morgan fingerprint density at radius 2 is 1.49 bits per heavy atom. The van der Waals surface area contributed by atoms with Crippen molar-refractivity contribution in [3.05, 3.63) is 35.9 Å². The number of hydrogen-bond donors (Lipinski definition) is 0. The SMILES string of the molecule is C/C=C/COc1ccc(OC(=O)C2CCC(C3CCC4CC(CCC)CCC4C3)CC2)c(F)c1F. The minimum absolute atomic E-state index is 0.150. The van der Waals surface area contributed by atoms with Gasteiger partial charge in [0.25, 0.3) is 0 Å². The normalized spacial score (nSPS) is 31.2. The van der Waals surface area contributed by atoms with E-state index in [1.54, 1.807) is 12.2 Å². The Morgan fingerprint density at radius 3 is 2.20 bits per heavy atom. The summed E-state index contributed by atoms with van der Waals surface area (Å²) < 4.78 is 39.3. The lowest BCUT2D eigenvalue weighted by Crippen LogP contribution is -2.35. The van der Waals surface area contributed by atoms with Crippen molar-refractivity contribution in [1.82, 2.24) is 0 Å². The van der Waals surface area contributed by atoms with Crippen molar-refractivity contribution in [1.29, 1.82) is 0 Å². The van der Waals surface area contributed by atoms with Crippen molar-refractivity contribution in [2.75, 3.05) is 6.61 Å². The van der Waals surface area contributed by atoms with Crippen molar-refractivity contribution in [2.45, 2.75) is 90.9 Å². The van der Waals surface area contributed by atoms with E-state index >= 15 is 0 Å². The Balaban J connectivity index is 1.25. The minimum Gasteiger partial charge on any atom is -0.486 e. The number of ether oxygens (including phenoxy) is 2. The molecule has 3 nitrogen and oxygen atoms in total. The van der Waals surface area contributed by atoms with Gasteiger partial charge in [-0.15, -0.1) is 0 Å². The molecule has 4 atom stereocenters. The smallest absolute Gasteiger partial charge is 0.314 e. The highest BCUT2D eigenvalue weighted by molar-refractivity contribution is 5.75. The Kier molecular flexibility index (Phi) is 9.24. The van der Waals surface area contributed by atoms with E-state index in [0.29, 0.717) is 5.92 Å². The van der Waals surface area contributed by atoms with Crippen LogP contribution < -0.4 is 9.47 Å². The van der Waals surface area contributed by atoms with E-state index in [1.807, 2.05) is 6.92 Å². The molecule has 3 aliphatic carbocycles. The lowest BCUT2D eigenvalue weighted by atomic mass is 9.60. The molecule has 0 radical (unpaired) electrons. The molecule has 1 aromatic rings. The summed E-state index contributed by atoms with van der Waals surface area (Å²) in [6, 6.07) is 2.59. The molecule has 0 amide bonds. The topological polar surface area (TPSA) is 35.5 Å². The highest BCUT2D eigenvalue weighted by Crippen LogP contribution is 2.49. The summed E-state index contributed by atoms with van der Waals surface area (Å²) in [7, 11) is 0. The third-order valence-corrected chi connectivity index (χ3v) is 9.02. The first kappa shape index (κ1) is 26.2. The number of benzene rings is 1. The summed E-state index contributed by atoms with van der Waals surface area (Å²) in [5.74, 6) is 0.777. The molecule has 3 saturated carbocycles. The molecule has 0 N–H and O–H groups in total. The number of allylic oxidation sites excluding steroid dienone is 1. The molecular weight excluding hydrogens is 446 g/mol. The third kappa shape index (κ3) is 6.46. The summed E-state index contributed by atoms with van der Waals surface area (Å²) in [4.78, 5) is 12.7. The van der Waals surface area contributed by atoms with E-state index < -0.39 is 17.6 Å². The molecule has 0 heterocycles. The van der Waals surface area contributed by atoms with Gasteiger partial charge in [0.05, 0.1) is 5.92 Å². The van der Waals surface area contributed by atoms with Crippen molar-refractivity contribution in [3.8, 4) is 11.5 Å². The molecule has 35 heavy (non-hydrogen) atoms. The molecule has 3 fully saturated rings. The van der Waals surface area contributed by atoms with Crippen LogP contribution >= 0.6 is 0 Å². The van der Waals surface area contributed by atoms with Gasteiger partial charge in [0.15, 0.2) is 11.5 Å². The second-order valence-corrected chi connectivity index (χ2v) is 11.2. The minimum atomic E-state index is -1.17. The van der Waals surface area contributed by atoms with Gasteiger partial charge in [0.1, 0.15) is 6.61 Å². The van der Waals surface area contributed by atoms with Crippen LogP contribution in [0.15, 0.2) is 24.3 Å². The van der Waals surface area contributed by atoms with Crippen LogP contribution in [0.2, 0.25) is 0 Å². The zero-order valence-electron chi connectivity index (χ0n) is 21.4. The molecule has 194 valence electrons. The highest BCUT2D eigenvalue weighted by Gasteiger charge is 2.39. The van der Waals surface area contributed by atoms with E-state index in [4.69, 9.17) is 9.47 Å². The number of hydrogen-bond acceptors (Lipinski definition) is 3. The molecule has 0 aliphatic heterocycles. The Hall–Kier alpha value is -1.91. The summed E-state index contributed by atoms with van der Waals surface area (Å²) >= 11 is 0. The zero-order valence-corrected chi connectivity index (χ0v) is 21.4. The third-order valence-electron chi connectivity index (χ3n) is 9.02. The van der Waals surface area contributed by atoms with E-state index in [-0.39, 0.29) is 24.0 Å². The molecule has 0 bridgehead atoms. The molecule has 3 aliphatic rings. The van der Waals surface area contributed by atoms with Gasteiger partial charge in [0, 0.05) is 0 Å². The number of fused-ring (bicyclic) bond motifs is 1. The molecule has 0 aromatic heterocycles. The van der Waals surface area contributed by atoms with E-state index in [2.05, 4.69) is 6.92 Å². The fourth-order valence-corrected chi connectivity index (χ4v) is 7.08. The van der Waals surface area contributed by atoms with E-state index in [0.717, 1.165) is 49.4 Å². The monoisotopic (exact) mass is 488 g/mol. The Morgan fingerprint density at radius 1 is 0.886 bits per heavy atom. The van der Waals surface area contributed by atoms with Gasteiger partial charge in [-0.2, -0.15) is 8.78 Å². The van der Waals surface area contributed by atoms with Crippen molar-refractivity contribution < 1.29 is 23.0 Å². The molecule has 0 saturated heterocycles. The van der Waals surface area contributed by atoms with Crippen LogP contribution in [0.5, 0.6) is 11.5 Å². The molecule has 1 aromatic carbocycles. The van der Waals surface area contributed by atoms with Gasteiger partial charge in [-0.05, 0) is 106 Å². The number of carbonyl (C=O) groups is 1. The van der Waals surface area contributed by atoms with Crippen LogP contribution in [0.4, 0.5) is 8.78 Å². The standard InChI is InChI=1S/C30H42F2O3/c1-3-5-17-34-26-15-16-27(29(32)28(26)31)35-30(33)22-11-9-21(10-12-22)24-14-13-23-18-20(6-4-2)7-8-25(23)19-24/h3,5,15-16,20-25H,4,6-14,17-19H2,1-2H3/b5-3+. The average Bonchev–Trinajstić information content (AvgIpc) is 2.88. The molecule has 0 spiro atoms. The Bertz CT molecular complexity index is 875. The van der Waals surface area contributed by atoms with Gasteiger partial charge in [-0.1, -0.05) is 38.3 Å². The van der Waals surface area contributed by atoms with E-state index in [1.165, 1.54) is 63.5 Å². The van der Waals surface area contributed by atoms with Gasteiger partial charge < -0.3 is 9.47 Å². The number of rotatable bonds is 8. The van der Waals surface area contributed by atoms with Gasteiger partial charge in [-0.25, -0.2) is 0 Å². The van der Waals surface area contributed by atoms with Crippen molar-refractivity contribution >= 4 is 5.97 Å². The molecule has 4 rings (SSSR count). The summed E-state index contributed by atoms with van der Waals surface area (Å²) in [5.41, 5.74) is 0. The molecule has 4 unspecified atom stereocenters. The predicted molar refractivity (Wildman–Crippen MR) is 134 cm³/mol. The maximum absolute atomic E-state index is 14.5. The van der Waals surface area contributed by atoms with Crippen LogP contribution in [0, 0.1) is 47.1 Å². The highest BCUT2D eigenvalue weighted by atomic mass is 19.2. The Labute approximate surface area is 209 Å². The van der Waals surface area contributed by atoms with Crippen LogP contribution in [-0.2, 0) is 4.79 Å². The number of carbonyl (C=O) groups excluding carboxylic acids is 1. The second kappa shape index (κ2) is 12.4. The lowest BCUT2D eigenvalue weighted by molar-refractivity contribution is -0.140. The summed E-state index contributed by atoms with van der Waals surface area (Å²) in [6.07, 6.45) is 18.2. The average molecular weight is 489 g/mol. The number of esters is 1. The first-order chi connectivity index (χ1) is 17.0. The van der Waals surface area contributed by atoms with Crippen molar-refractivity contribution in [2.24, 2.45) is 35.5 Å².